The van der Waals surface area contributed by atoms with Crippen molar-refractivity contribution in [1.82, 2.24) is 10.3 Å². The van der Waals surface area contributed by atoms with Crippen LogP contribution in [0, 0.1) is 5.82 Å². The van der Waals surface area contributed by atoms with Crippen molar-refractivity contribution in [2.45, 2.75) is 0 Å². The van der Waals surface area contributed by atoms with Crippen LogP contribution in [0.5, 0.6) is 11.5 Å². The number of carbonyl (C=O) groups is 1. The summed E-state index contributed by atoms with van der Waals surface area (Å²) >= 11 is 0. The maximum Gasteiger partial charge on any atom is 0.263 e. The predicted octanol–water partition coefficient (Wildman–Crippen LogP) is 2.90. The summed E-state index contributed by atoms with van der Waals surface area (Å²) in [5.74, 6) is -0.242. The Labute approximate surface area is 142 Å². The number of nitrogens with one attached hydrogen (secondary N) is 1. The standard InChI is InChI=1S/C17H14FN3O4/c1-23-12-8-6-11(7-9-12)16-17(21-25-20-16)19-15(22)10-24-14-5-3-2-4-13(14)18/h2-9H,10H2,1H3,(H,19,21,22). The van der Waals surface area contributed by atoms with Crippen LogP contribution in [0.15, 0.2) is 53.2 Å². The topological polar surface area (TPSA) is 86.5 Å². The Kier molecular flexibility index (Phi) is 4.89. The zero-order valence-electron chi connectivity index (χ0n) is 13.2. The van der Waals surface area contributed by atoms with Gasteiger partial charge < -0.3 is 14.8 Å². The van der Waals surface area contributed by atoms with Crippen LogP contribution in [-0.4, -0.2) is 29.9 Å². The predicted molar refractivity (Wildman–Crippen MR) is 86.8 cm³/mol. The molecule has 0 saturated heterocycles. The van der Waals surface area contributed by atoms with Crippen molar-refractivity contribution in [1.29, 1.82) is 0 Å². The number of aromatic nitrogens is 2. The van der Waals surface area contributed by atoms with Gasteiger partial charge in [-0.1, -0.05) is 12.1 Å². The molecule has 1 amide bonds. The first kappa shape index (κ1) is 16.4. The van der Waals surface area contributed by atoms with Crippen molar-refractivity contribution >= 4 is 11.7 Å². The Hall–Kier alpha value is -3.42. The molecule has 3 aromatic rings. The van der Waals surface area contributed by atoms with Gasteiger partial charge in [0.1, 0.15) is 5.75 Å². The Morgan fingerprint density at radius 2 is 1.92 bits per heavy atom. The number of rotatable bonds is 6. The van der Waals surface area contributed by atoms with E-state index < -0.39 is 11.7 Å². The minimum Gasteiger partial charge on any atom is -0.497 e. The number of halogens is 1. The number of methoxy groups -OCH3 is 1. The molecule has 0 fully saturated rings. The lowest BCUT2D eigenvalue weighted by Gasteiger charge is -2.07. The van der Waals surface area contributed by atoms with Crippen molar-refractivity contribution in [3.63, 3.8) is 0 Å². The van der Waals surface area contributed by atoms with Crippen LogP contribution in [0.3, 0.4) is 0 Å². The molecule has 0 aliphatic heterocycles. The summed E-state index contributed by atoms with van der Waals surface area (Å²) in [5, 5.41) is 9.98. The third-order valence-corrected chi connectivity index (χ3v) is 3.31. The van der Waals surface area contributed by atoms with E-state index in [2.05, 4.69) is 15.6 Å². The summed E-state index contributed by atoms with van der Waals surface area (Å²) in [4.78, 5) is 12.0. The number of anilines is 1. The number of para-hydroxylation sites is 1. The van der Waals surface area contributed by atoms with Crippen LogP contribution in [0.2, 0.25) is 0 Å². The number of carbonyl (C=O) groups excluding carboxylic acids is 1. The smallest absolute Gasteiger partial charge is 0.263 e. The van der Waals surface area contributed by atoms with Gasteiger partial charge in [0.05, 0.1) is 7.11 Å². The summed E-state index contributed by atoms with van der Waals surface area (Å²) in [6, 6.07) is 12.8. The van der Waals surface area contributed by atoms with E-state index in [1.165, 1.54) is 18.2 Å². The Bertz CT molecular complexity index is 864. The van der Waals surface area contributed by atoms with Crippen LogP contribution >= 0.6 is 0 Å². The quantitative estimate of drug-likeness (QED) is 0.740. The Balaban J connectivity index is 1.66. The second kappa shape index (κ2) is 7.43. The van der Waals surface area contributed by atoms with Gasteiger partial charge in [-0.2, -0.15) is 0 Å². The van der Waals surface area contributed by atoms with Crippen LogP contribution in [0.4, 0.5) is 10.2 Å². The SMILES string of the molecule is COc1ccc(-c2nonc2NC(=O)COc2ccccc2F)cc1. The number of amides is 1. The fraction of sp³-hybridized carbons (Fsp3) is 0.118. The van der Waals surface area contributed by atoms with Gasteiger partial charge in [0, 0.05) is 5.56 Å². The molecule has 0 aliphatic carbocycles. The monoisotopic (exact) mass is 343 g/mol. The second-order valence-electron chi connectivity index (χ2n) is 4.96. The van der Waals surface area contributed by atoms with Gasteiger partial charge in [-0.25, -0.2) is 9.02 Å². The van der Waals surface area contributed by atoms with Crippen molar-refractivity contribution in [2.24, 2.45) is 0 Å². The third kappa shape index (κ3) is 3.92. The van der Waals surface area contributed by atoms with E-state index in [-0.39, 0.29) is 18.2 Å². The van der Waals surface area contributed by atoms with Crippen molar-refractivity contribution < 1.29 is 23.3 Å². The first-order valence-electron chi connectivity index (χ1n) is 7.31. The molecule has 0 bridgehead atoms. The van der Waals surface area contributed by atoms with Gasteiger partial charge in [-0.3, -0.25) is 4.79 Å². The molecule has 0 spiro atoms. The number of nitrogens with zero attached hydrogens (tertiary/aromatic N) is 2. The van der Waals surface area contributed by atoms with E-state index in [1.807, 2.05) is 0 Å². The number of hydrogen-bond acceptors (Lipinski definition) is 6. The fourth-order valence-corrected chi connectivity index (χ4v) is 2.08. The van der Waals surface area contributed by atoms with Gasteiger partial charge in [0.15, 0.2) is 23.9 Å². The maximum absolute atomic E-state index is 13.5. The number of benzene rings is 2. The van der Waals surface area contributed by atoms with Crippen molar-refractivity contribution in [3.05, 3.63) is 54.3 Å². The van der Waals surface area contributed by atoms with E-state index in [9.17, 15) is 9.18 Å². The molecule has 0 unspecified atom stereocenters. The molecule has 3 rings (SSSR count). The fourth-order valence-electron chi connectivity index (χ4n) is 2.08. The van der Waals surface area contributed by atoms with Crippen LogP contribution in [-0.2, 0) is 4.79 Å². The Morgan fingerprint density at radius 3 is 2.64 bits per heavy atom. The van der Waals surface area contributed by atoms with Crippen LogP contribution in [0.1, 0.15) is 0 Å². The van der Waals surface area contributed by atoms with Gasteiger partial charge in [0.2, 0.25) is 5.82 Å². The van der Waals surface area contributed by atoms with Crippen molar-refractivity contribution in [3.8, 4) is 22.8 Å². The third-order valence-electron chi connectivity index (χ3n) is 3.31. The number of ether oxygens (including phenoxy) is 2. The molecular formula is C17H14FN3O4. The van der Waals surface area contributed by atoms with Gasteiger partial charge in [0.25, 0.3) is 5.91 Å². The molecule has 2 aromatic carbocycles. The van der Waals surface area contributed by atoms with Crippen LogP contribution in [0.25, 0.3) is 11.3 Å². The van der Waals surface area contributed by atoms with E-state index in [1.54, 1.807) is 37.4 Å². The zero-order chi connectivity index (χ0) is 17.6. The van der Waals surface area contributed by atoms with Gasteiger partial charge >= 0.3 is 0 Å². The second-order valence-corrected chi connectivity index (χ2v) is 4.96. The molecule has 7 nitrogen and oxygen atoms in total. The summed E-state index contributed by atoms with van der Waals surface area (Å²) in [7, 11) is 1.56. The molecule has 128 valence electrons. The Morgan fingerprint density at radius 1 is 1.16 bits per heavy atom. The summed E-state index contributed by atoms with van der Waals surface area (Å²) in [5.41, 5.74) is 1.05. The van der Waals surface area contributed by atoms with E-state index in [4.69, 9.17) is 14.1 Å². The molecule has 0 aliphatic rings. The molecule has 1 aromatic heterocycles. The average Bonchev–Trinajstić information content (AvgIpc) is 3.09. The van der Waals surface area contributed by atoms with E-state index in [0.717, 1.165) is 0 Å². The highest BCUT2D eigenvalue weighted by Crippen LogP contribution is 2.26. The van der Waals surface area contributed by atoms with Gasteiger partial charge in [-0.05, 0) is 46.7 Å². The molecule has 1 N–H and O–H groups in total. The van der Waals surface area contributed by atoms with Crippen LogP contribution < -0.4 is 14.8 Å². The molecule has 1 heterocycles. The largest absolute Gasteiger partial charge is 0.497 e. The lowest BCUT2D eigenvalue weighted by atomic mass is 10.1. The zero-order valence-corrected chi connectivity index (χ0v) is 13.2. The van der Waals surface area contributed by atoms with Gasteiger partial charge in [-0.15, -0.1) is 0 Å². The lowest BCUT2D eigenvalue weighted by Crippen LogP contribution is -2.21. The lowest BCUT2D eigenvalue weighted by molar-refractivity contribution is -0.118. The summed E-state index contributed by atoms with van der Waals surface area (Å²) in [6.45, 7) is -0.379. The van der Waals surface area contributed by atoms with E-state index >= 15 is 0 Å². The molecule has 0 saturated carbocycles. The highest BCUT2D eigenvalue weighted by molar-refractivity contribution is 5.94. The molecule has 25 heavy (non-hydrogen) atoms. The highest BCUT2D eigenvalue weighted by Gasteiger charge is 2.16. The highest BCUT2D eigenvalue weighted by atomic mass is 19.1. The average molecular weight is 343 g/mol. The molecule has 0 radical (unpaired) electrons. The maximum atomic E-state index is 13.5. The number of hydrogen-bond donors (Lipinski definition) is 1. The normalized spacial score (nSPS) is 10.3. The minimum atomic E-state index is -0.544. The summed E-state index contributed by atoms with van der Waals surface area (Å²) < 4.78 is 28.4. The molecule has 0 atom stereocenters. The molecular weight excluding hydrogens is 329 g/mol. The first-order valence-corrected chi connectivity index (χ1v) is 7.31. The van der Waals surface area contributed by atoms with E-state index in [0.29, 0.717) is 17.0 Å². The molecule has 8 heteroatoms. The first-order chi connectivity index (χ1) is 12.2. The minimum absolute atomic E-state index is 0.00805. The summed E-state index contributed by atoms with van der Waals surface area (Å²) in [6.07, 6.45) is 0. The van der Waals surface area contributed by atoms with Crippen molar-refractivity contribution in [2.75, 3.05) is 19.0 Å².